The number of aromatic nitrogens is 2. The fraction of sp³-hybridized carbons (Fsp3) is 0.476. The molecule has 0 bridgehead atoms. The summed E-state index contributed by atoms with van der Waals surface area (Å²) in [5.74, 6) is -0.441. The second kappa shape index (κ2) is 10.0. The highest BCUT2D eigenvalue weighted by Crippen LogP contribution is 2.36. The quantitative estimate of drug-likeness (QED) is 0.678. The average molecular weight is 487 g/mol. The Kier molecular flexibility index (Phi) is 7.53. The number of alkyl halides is 3. The van der Waals surface area contributed by atoms with E-state index in [1.54, 1.807) is 15.8 Å². The minimum atomic E-state index is -4.61. The molecule has 2 N–H and O–H groups in total. The topological polar surface area (TPSA) is 82.5 Å². The predicted octanol–water partition coefficient (Wildman–Crippen LogP) is 3.43. The maximum Gasteiger partial charge on any atom is 0.417 e. The normalized spacial score (nSPS) is 15.9. The van der Waals surface area contributed by atoms with Gasteiger partial charge >= 0.3 is 12.2 Å². The van der Waals surface area contributed by atoms with E-state index in [0.717, 1.165) is 23.4 Å². The molecule has 2 heterocycles. The summed E-state index contributed by atoms with van der Waals surface area (Å²) in [6.45, 7) is 5.62. The van der Waals surface area contributed by atoms with Crippen molar-refractivity contribution in [2.75, 3.05) is 38.0 Å². The fourth-order valence-electron chi connectivity index (χ4n) is 3.63. The number of piperazine rings is 1. The number of nitrogens with zero attached hydrogens (tertiary/aromatic N) is 4. The number of benzene rings is 1. The van der Waals surface area contributed by atoms with Crippen LogP contribution in [0.5, 0.6) is 0 Å². The molecule has 2 aromatic rings. The number of rotatable bonds is 5. The van der Waals surface area contributed by atoms with E-state index in [0.29, 0.717) is 26.2 Å². The van der Waals surface area contributed by atoms with Crippen LogP contribution in [0.2, 0.25) is 5.02 Å². The zero-order valence-electron chi connectivity index (χ0n) is 18.5. The highest BCUT2D eigenvalue weighted by Gasteiger charge is 2.33. The third-order valence-corrected chi connectivity index (χ3v) is 5.99. The van der Waals surface area contributed by atoms with E-state index in [1.165, 1.54) is 6.07 Å². The van der Waals surface area contributed by atoms with Gasteiger partial charge in [0.15, 0.2) is 0 Å². The summed E-state index contributed by atoms with van der Waals surface area (Å²) in [6.07, 6.45) is -2.88. The van der Waals surface area contributed by atoms with Crippen LogP contribution in [0.15, 0.2) is 24.4 Å². The highest BCUT2D eigenvalue weighted by atomic mass is 35.5. The number of urea groups is 1. The molecule has 33 heavy (non-hydrogen) atoms. The number of carbonyl (C=O) groups excluding carboxylic acids is 2. The lowest BCUT2D eigenvalue weighted by atomic mass is 10.1. The molecule has 3 rings (SSSR count). The second-order valence-electron chi connectivity index (χ2n) is 7.98. The number of nitrogens with one attached hydrogen (secondary N) is 2. The van der Waals surface area contributed by atoms with Crippen molar-refractivity contribution in [1.82, 2.24) is 24.9 Å². The van der Waals surface area contributed by atoms with Crippen molar-refractivity contribution >= 4 is 29.2 Å². The number of amides is 3. The lowest BCUT2D eigenvalue weighted by molar-refractivity contribution is -0.137. The predicted molar refractivity (Wildman–Crippen MR) is 118 cm³/mol. The van der Waals surface area contributed by atoms with Crippen LogP contribution in [0.25, 0.3) is 0 Å². The van der Waals surface area contributed by atoms with Gasteiger partial charge in [0.05, 0.1) is 29.4 Å². The Hall–Kier alpha value is -2.79. The monoisotopic (exact) mass is 486 g/mol. The lowest BCUT2D eigenvalue weighted by Crippen LogP contribution is -2.53. The molecule has 180 valence electrons. The molecular formula is C21H26ClF3N6O2. The largest absolute Gasteiger partial charge is 0.417 e. The van der Waals surface area contributed by atoms with Gasteiger partial charge in [0.1, 0.15) is 0 Å². The Bertz CT molecular complexity index is 1020. The first-order chi connectivity index (χ1) is 15.5. The van der Waals surface area contributed by atoms with Gasteiger partial charge in [0, 0.05) is 50.2 Å². The van der Waals surface area contributed by atoms with Gasteiger partial charge in [-0.1, -0.05) is 11.6 Å². The Morgan fingerprint density at radius 1 is 1.21 bits per heavy atom. The van der Waals surface area contributed by atoms with Crippen molar-refractivity contribution in [2.24, 2.45) is 7.05 Å². The third kappa shape index (κ3) is 6.17. The molecule has 8 nitrogen and oxygen atoms in total. The molecule has 1 aromatic carbocycles. The van der Waals surface area contributed by atoms with E-state index in [-0.39, 0.29) is 24.3 Å². The molecule has 1 aromatic heterocycles. The molecule has 3 amide bonds. The minimum Gasteiger partial charge on any atom is -0.331 e. The molecule has 1 aliphatic rings. The Morgan fingerprint density at radius 3 is 2.45 bits per heavy atom. The van der Waals surface area contributed by atoms with Crippen LogP contribution < -0.4 is 10.6 Å². The van der Waals surface area contributed by atoms with Gasteiger partial charge in [-0.2, -0.15) is 18.3 Å². The van der Waals surface area contributed by atoms with Crippen LogP contribution in [0, 0.1) is 6.92 Å². The summed E-state index contributed by atoms with van der Waals surface area (Å²) in [6, 6.07) is 2.84. The molecule has 0 spiro atoms. The molecule has 1 aliphatic heterocycles. The van der Waals surface area contributed by atoms with Crippen molar-refractivity contribution < 1.29 is 22.8 Å². The van der Waals surface area contributed by atoms with Gasteiger partial charge in [-0.05, 0) is 32.0 Å². The van der Waals surface area contributed by atoms with E-state index in [4.69, 9.17) is 11.6 Å². The Labute approximate surface area is 194 Å². The summed E-state index contributed by atoms with van der Waals surface area (Å²) in [4.78, 5) is 28.4. The third-order valence-electron chi connectivity index (χ3n) is 5.66. The average Bonchev–Trinajstić information content (AvgIpc) is 3.07. The number of hydrogen-bond acceptors (Lipinski definition) is 4. The SMILES string of the molecule is Cc1c(C(C)NC(=O)N2CCN(CC(=O)Nc3ccc(Cl)c(C(F)(F)F)c3)CC2)cnn1C. The van der Waals surface area contributed by atoms with Gasteiger partial charge in [-0.3, -0.25) is 14.4 Å². The standard InChI is InChI=1S/C21H26ClF3N6O2/c1-13(16-11-26-29(3)14(16)2)27-20(33)31-8-6-30(7-9-31)12-19(32)28-15-4-5-18(22)17(10-15)21(23,24)25/h4-5,10-11,13H,6-9,12H2,1-3H3,(H,27,33)(H,28,32). The summed E-state index contributed by atoms with van der Waals surface area (Å²) < 4.78 is 40.7. The number of anilines is 1. The number of carbonyl (C=O) groups is 2. The first kappa shape index (κ1) is 24.8. The van der Waals surface area contributed by atoms with Crippen molar-refractivity contribution in [3.05, 3.63) is 46.2 Å². The van der Waals surface area contributed by atoms with Crippen LogP contribution in [0.3, 0.4) is 0 Å². The van der Waals surface area contributed by atoms with Crippen molar-refractivity contribution in [2.45, 2.75) is 26.1 Å². The van der Waals surface area contributed by atoms with Crippen molar-refractivity contribution in [3.8, 4) is 0 Å². The van der Waals surface area contributed by atoms with Crippen LogP contribution in [0.1, 0.15) is 29.8 Å². The summed E-state index contributed by atoms with van der Waals surface area (Å²) >= 11 is 5.60. The molecule has 0 saturated carbocycles. The fourth-order valence-corrected chi connectivity index (χ4v) is 3.85. The summed E-state index contributed by atoms with van der Waals surface area (Å²) in [7, 11) is 1.84. The van der Waals surface area contributed by atoms with Crippen molar-refractivity contribution in [3.63, 3.8) is 0 Å². The van der Waals surface area contributed by atoms with Crippen LogP contribution in [-0.2, 0) is 18.0 Å². The molecule has 1 atom stereocenters. The van der Waals surface area contributed by atoms with Crippen LogP contribution in [-0.4, -0.2) is 64.2 Å². The zero-order chi connectivity index (χ0) is 24.3. The number of aryl methyl sites for hydroxylation is 1. The van der Waals surface area contributed by atoms with E-state index in [2.05, 4.69) is 15.7 Å². The lowest BCUT2D eigenvalue weighted by Gasteiger charge is -2.34. The smallest absolute Gasteiger partial charge is 0.331 e. The second-order valence-corrected chi connectivity index (χ2v) is 8.39. The first-order valence-electron chi connectivity index (χ1n) is 10.4. The van der Waals surface area contributed by atoms with E-state index in [9.17, 15) is 22.8 Å². The van der Waals surface area contributed by atoms with Gasteiger partial charge in [0.25, 0.3) is 0 Å². The number of hydrogen-bond donors (Lipinski definition) is 2. The molecule has 1 fully saturated rings. The zero-order valence-corrected chi connectivity index (χ0v) is 19.3. The maximum atomic E-state index is 13.0. The molecule has 0 radical (unpaired) electrons. The molecule has 0 aliphatic carbocycles. The molecule has 1 unspecified atom stereocenters. The van der Waals surface area contributed by atoms with Crippen molar-refractivity contribution in [1.29, 1.82) is 0 Å². The molecule has 12 heteroatoms. The van der Waals surface area contributed by atoms with E-state index in [1.807, 2.05) is 25.8 Å². The highest BCUT2D eigenvalue weighted by molar-refractivity contribution is 6.31. The van der Waals surface area contributed by atoms with Gasteiger partial charge in [0.2, 0.25) is 5.91 Å². The van der Waals surface area contributed by atoms with Gasteiger partial charge < -0.3 is 15.5 Å². The Balaban J connectivity index is 1.48. The summed E-state index contributed by atoms with van der Waals surface area (Å²) in [5.41, 5.74) is 0.936. The summed E-state index contributed by atoms with van der Waals surface area (Å²) in [5, 5.41) is 9.20. The minimum absolute atomic E-state index is 0.00468. The first-order valence-corrected chi connectivity index (χ1v) is 10.8. The van der Waals surface area contributed by atoms with Crippen LogP contribution in [0.4, 0.5) is 23.7 Å². The van der Waals surface area contributed by atoms with Gasteiger partial charge in [-0.25, -0.2) is 4.79 Å². The van der Waals surface area contributed by atoms with E-state index >= 15 is 0 Å². The Morgan fingerprint density at radius 2 is 1.88 bits per heavy atom. The maximum absolute atomic E-state index is 13.0. The van der Waals surface area contributed by atoms with Gasteiger partial charge in [-0.15, -0.1) is 0 Å². The van der Waals surface area contributed by atoms with E-state index < -0.39 is 22.7 Å². The van der Waals surface area contributed by atoms with Crippen LogP contribution >= 0.6 is 11.6 Å². The molecule has 1 saturated heterocycles. The number of halogens is 4. The molecular weight excluding hydrogens is 461 g/mol.